The molecule has 1 amide bonds. The van der Waals surface area contributed by atoms with Crippen LogP contribution >= 0.6 is 22.6 Å². The standard InChI is InChI=1S/C16H16INO/c1-10-5-4-6-14(12(10)3)16(19)18-13-8-7-11(2)15(17)9-13/h4-9H,1-3H3,(H,18,19). The summed E-state index contributed by atoms with van der Waals surface area (Å²) in [6, 6.07) is 11.7. The summed E-state index contributed by atoms with van der Waals surface area (Å²) in [5.41, 5.74) is 4.94. The van der Waals surface area contributed by atoms with Gasteiger partial charge in [-0.2, -0.15) is 0 Å². The monoisotopic (exact) mass is 365 g/mol. The third kappa shape index (κ3) is 3.15. The highest BCUT2D eigenvalue weighted by Gasteiger charge is 2.10. The minimum Gasteiger partial charge on any atom is -0.322 e. The first-order chi connectivity index (χ1) is 8.99. The number of hydrogen-bond acceptors (Lipinski definition) is 1. The van der Waals surface area contributed by atoms with Crippen molar-refractivity contribution in [2.24, 2.45) is 0 Å². The maximum absolute atomic E-state index is 12.3. The number of hydrogen-bond donors (Lipinski definition) is 1. The molecule has 0 saturated heterocycles. The smallest absolute Gasteiger partial charge is 0.255 e. The van der Waals surface area contributed by atoms with E-state index in [-0.39, 0.29) is 5.91 Å². The van der Waals surface area contributed by atoms with Crippen LogP contribution in [0.25, 0.3) is 0 Å². The second-order valence-electron chi connectivity index (χ2n) is 4.67. The highest BCUT2D eigenvalue weighted by atomic mass is 127. The van der Waals surface area contributed by atoms with Crippen molar-refractivity contribution in [3.05, 3.63) is 62.2 Å². The van der Waals surface area contributed by atoms with Crippen LogP contribution in [0.15, 0.2) is 36.4 Å². The number of amides is 1. The average Bonchev–Trinajstić information content (AvgIpc) is 2.37. The summed E-state index contributed by atoms with van der Waals surface area (Å²) in [7, 11) is 0. The van der Waals surface area contributed by atoms with E-state index in [9.17, 15) is 4.79 Å². The zero-order valence-electron chi connectivity index (χ0n) is 11.3. The van der Waals surface area contributed by atoms with Gasteiger partial charge in [-0.25, -0.2) is 0 Å². The summed E-state index contributed by atoms with van der Waals surface area (Å²) in [6.45, 7) is 6.04. The molecule has 0 aliphatic heterocycles. The SMILES string of the molecule is Cc1ccc(NC(=O)c2cccc(C)c2C)cc1I. The van der Waals surface area contributed by atoms with Crippen LogP contribution in [0.5, 0.6) is 0 Å². The Hall–Kier alpha value is -1.36. The van der Waals surface area contributed by atoms with Gasteiger partial charge in [-0.1, -0.05) is 18.2 Å². The lowest BCUT2D eigenvalue weighted by atomic mass is 10.0. The number of carbonyl (C=O) groups is 1. The molecule has 0 bridgehead atoms. The summed E-state index contributed by atoms with van der Waals surface area (Å²) < 4.78 is 1.15. The van der Waals surface area contributed by atoms with Crippen molar-refractivity contribution in [2.45, 2.75) is 20.8 Å². The number of aryl methyl sites for hydroxylation is 2. The number of anilines is 1. The van der Waals surface area contributed by atoms with E-state index in [1.165, 1.54) is 5.56 Å². The van der Waals surface area contributed by atoms with Crippen LogP contribution in [0.2, 0.25) is 0 Å². The molecule has 98 valence electrons. The molecule has 0 spiro atoms. The molecule has 0 heterocycles. The van der Waals surface area contributed by atoms with Crippen LogP contribution in [0.1, 0.15) is 27.0 Å². The Bertz CT molecular complexity index is 635. The van der Waals surface area contributed by atoms with Gasteiger partial charge in [0, 0.05) is 14.8 Å². The third-order valence-electron chi connectivity index (χ3n) is 3.28. The molecule has 0 unspecified atom stereocenters. The lowest BCUT2D eigenvalue weighted by Gasteiger charge is -2.10. The van der Waals surface area contributed by atoms with Crippen LogP contribution in [-0.4, -0.2) is 5.91 Å². The molecule has 2 aromatic carbocycles. The maximum Gasteiger partial charge on any atom is 0.255 e. The lowest BCUT2D eigenvalue weighted by molar-refractivity contribution is 0.102. The Morgan fingerprint density at radius 3 is 2.47 bits per heavy atom. The van der Waals surface area contributed by atoms with Crippen LogP contribution in [0, 0.1) is 24.3 Å². The summed E-state index contributed by atoms with van der Waals surface area (Å²) in [4.78, 5) is 12.3. The molecule has 3 heteroatoms. The van der Waals surface area contributed by atoms with Gasteiger partial charge in [0.15, 0.2) is 0 Å². The lowest BCUT2D eigenvalue weighted by Crippen LogP contribution is -2.14. The van der Waals surface area contributed by atoms with Crippen LogP contribution in [-0.2, 0) is 0 Å². The van der Waals surface area contributed by atoms with Gasteiger partial charge in [-0.15, -0.1) is 0 Å². The first-order valence-corrected chi connectivity index (χ1v) is 7.20. The summed E-state index contributed by atoms with van der Waals surface area (Å²) >= 11 is 2.27. The summed E-state index contributed by atoms with van der Waals surface area (Å²) in [5, 5.41) is 2.95. The van der Waals surface area contributed by atoms with E-state index in [2.05, 4.69) is 34.8 Å². The molecule has 0 fully saturated rings. The maximum atomic E-state index is 12.3. The van der Waals surface area contributed by atoms with Crippen molar-refractivity contribution in [1.29, 1.82) is 0 Å². The van der Waals surface area contributed by atoms with Crippen molar-refractivity contribution in [2.75, 3.05) is 5.32 Å². The first-order valence-electron chi connectivity index (χ1n) is 6.13. The van der Waals surface area contributed by atoms with E-state index < -0.39 is 0 Å². The predicted octanol–water partition coefficient (Wildman–Crippen LogP) is 4.47. The molecule has 0 radical (unpaired) electrons. The molecule has 19 heavy (non-hydrogen) atoms. The molecule has 2 aromatic rings. The molecule has 0 aromatic heterocycles. The van der Waals surface area contributed by atoms with Gasteiger partial charge in [-0.05, 0) is 78.3 Å². The van der Waals surface area contributed by atoms with Crippen LogP contribution in [0.3, 0.4) is 0 Å². The Morgan fingerprint density at radius 2 is 1.79 bits per heavy atom. The van der Waals surface area contributed by atoms with E-state index in [0.29, 0.717) is 0 Å². The van der Waals surface area contributed by atoms with Crippen molar-refractivity contribution >= 4 is 34.2 Å². The molecular weight excluding hydrogens is 349 g/mol. The molecule has 0 atom stereocenters. The van der Waals surface area contributed by atoms with Gasteiger partial charge >= 0.3 is 0 Å². The zero-order chi connectivity index (χ0) is 14.0. The predicted molar refractivity (Wildman–Crippen MR) is 87.8 cm³/mol. The Balaban J connectivity index is 2.26. The second kappa shape index (κ2) is 5.74. The van der Waals surface area contributed by atoms with E-state index in [1.807, 2.05) is 50.2 Å². The second-order valence-corrected chi connectivity index (χ2v) is 5.83. The molecule has 0 aliphatic carbocycles. The van der Waals surface area contributed by atoms with Crippen molar-refractivity contribution in [3.63, 3.8) is 0 Å². The quantitative estimate of drug-likeness (QED) is 0.782. The fourth-order valence-electron chi connectivity index (χ4n) is 1.87. The minimum atomic E-state index is -0.0548. The normalized spacial score (nSPS) is 10.3. The van der Waals surface area contributed by atoms with Crippen LogP contribution in [0.4, 0.5) is 5.69 Å². The van der Waals surface area contributed by atoms with Gasteiger partial charge in [-0.3, -0.25) is 4.79 Å². The average molecular weight is 365 g/mol. The number of carbonyl (C=O) groups excluding carboxylic acids is 1. The minimum absolute atomic E-state index is 0.0548. The molecule has 2 rings (SSSR count). The molecule has 0 saturated carbocycles. The number of nitrogens with one attached hydrogen (secondary N) is 1. The van der Waals surface area contributed by atoms with Gasteiger partial charge in [0.25, 0.3) is 5.91 Å². The fourth-order valence-corrected chi connectivity index (χ4v) is 2.38. The molecule has 1 N–H and O–H groups in total. The van der Waals surface area contributed by atoms with Crippen LogP contribution < -0.4 is 5.32 Å². The van der Waals surface area contributed by atoms with Gasteiger partial charge in [0.2, 0.25) is 0 Å². The number of benzene rings is 2. The fraction of sp³-hybridized carbons (Fsp3) is 0.188. The van der Waals surface area contributed by atoms with Crippen molar-refractivity contribution < 1.29 is 4.79 Å². The van der Waals surface area contributed by atoms with E-state index in [4.69, 9.17) is 0 Å². The zero-order valence-corrected chi connectivity index (χ0v) is 13.4. The Labute approximate surface area is 127 Å². The highest BCUT2D eigenvalue weighted by Crippen LogP contribution is 2.19. The summed E-state index contributed by atoms with van der Waals surface area (Å²) in [6.07, 6.45) is 0. The Morgan fingerprint density at radius 1 is 1.05 bits per heavy atom. The topological polar surface area (TPSA) is 29.1 Å². The van der Waals surface area contributed by atoms with E-state index in [1.54, 1.807) is 0 Å². The number of rotatable bonds is 2. The van der Waals surface area contributed by atoms with Gasteiger partial charge in [0.05, 0.1) is 0 Å². The van der Waals surface area contributed by atoms with E-state index >= 15 is 0 Å². The molecular formula is C16H16INO. The molecule has 2 nitrogen and oxygen atoms in total. The first kappa shape index (κ1) is 14.1. The number of halogens is 1. The molecule has 0 aliphatic rings. The van der Waals surface area contributed by atoms with Gasteiger partial charge in [0.1, 0.15) is 0 Å². The van der Waals surface area contributed by atoms with Crippen molar-refractivity contribution in [3.8, 4) is 0 Å². The summed E-state index contributed by atoms with van der Waals surface area (Å²) in [5.74, 6) is -0.0548. The third-order valence-corrected chi connectivity index (χ3v) is 4.44. The largest absolute Gasteiger partial charge is 0.322 e. The highest BCUT2D eigenvalue weighted by molar-refractivity contribution is 14.1. The van der Waals surface area contributed by atoms with Gasteiger partial charge < -0.3 is 5.32 Å². The Kier molecular flexibility index (Phi) is 4.24. The van der Waals surface area contributed by atoms with E-state index in [0.717, 1.165) is 25.9 Å². The van der Waals surface area contributed by atoms with Crippen molar-refractivity contribution in [1.82, 2.24) is 0 Å².